The zero-order chi connectivity index (χ0) is 15.6. The molecule has 1 unspecified atom stereocenters. The summed E-state index contributed by atoms with van der Waals surface area (Å²) in [7, 11) is 0. The van der Waals surface area contributed by atoms with Crippen LogP contribution in [0.25, 0.3) is 0 Å². The number of benzene rings is 1. The first-order valence-corrected chi connectivity index (χ1v) is 7.29. The molecule has 2 aromatic rings. The van der Waals surface area contributed by atoms with Crippen LogP contribution in [-0.2, 0) is 6.54 Å². The molecule has 0 spiro atoms. The minimum absolute atomic E-state index is 0.00418. The number of hydrogen-bond acceptors (Lipinski definition) is 2. The Morgan fingerprint density at radius 2 is 2.00 bits per heavy atom. The number of halogens is 3. The molecule has 1 heterocycles. The Hall–Kier alpha value is -1.52. The number of hydrogen-bond donors (Lipinski definition) is 1. The molecule has 0 amide bonds. The number of rotatable bonds is 4. The van der Waals surface area contributed by atoms with Crippen LogP contribution < -0.4 is 10.9 Å². The fourth-order valence-corrected chi connectivity index (χ4v) is 2.61. The second kappa shape index (κ2) is 6.50. The van der Waals surface area contributed by atoms with Gasteiger partial charge in [0, 0.05) is 23.8 Å². The number of nitrogens with zero attached hydrogens (tertiary/aromatic N) is 1. The van der Waals surface area contributed by atoms with Gasteiger partial charge in [0.1, 0.15) is 5.82 Å². The molecular weight excluding hydrogens is 314 g/mol. The highest BCUT2D eigenvalue weighted by Gasteiger charge is 2.13. The van der Waals surface area contributed by atoms with Crippen LogP contribution in [0.1, 0.15) is 25.5 Å². The van der Waals surface area contributed by atoms with E-state index in [0.29, 0.717) is 17.1 Å². The molecule has 112 valence electrons. The quantitative estimate of drug-likeness (QED) is 0.839. The van der Waals surface area contributed by atoms with Gasteiger partial charge in [0.2, 0.25) is 0 Å². The largest absolute Gasteiger partial charge is 0.377 e. The smallest absolute Gasteiger partial charge is 0.250 e. The molecule has 1 atom stereocenters. The normalized spacial score (nSPS) is 12.2. The minimum Gasteiger partial charge on any atom is -0.377 e. The van der Waals surface area contributed by atoms with E-state index >= 15 is 0 Å². The third kappa shape index (κ3) is 3.57. The molecule has 1 aromatic heterocycles. The van der Waals surface area contributed by atoms with Crippen LogP contribution in [0, 0.1) is 5.82 Å². The molecule has 21 heavy (non-hydrogen) atoms. The van der Waals surface area contributed by atoms with Crippen LogP contribution in [0.2, 0.25) is 10.0 Å². The van der Waals surface area contributed by atoms with E-state index in [2.05, 4.69) is 5.32 Å². The first-order chi connectivity index (χ1) is 9.92. The van der Waals surface area contributed by atoms with Crippen molar-refractivity contribution in [2.24, 2.45) is 0 Å². The predicted octanol–water partition coefficient (Wildman–Crippen LogP) is 4.49. The van der Waals surface area contributed by atoms with Crippen molar-refractivity contribution in [1.29, 1.82) is 0 Å². The summed E-state index contributed by atoms with van der Waals surface area (Å²) in [5.74, 6) is -0.511. The molecule has 0 aliphatic rings. The van der Waals surface area contributed by atoms with Gasteiger partial charge in [0.25, 0.3) is 5.56 Å². The topological polar surface area (TPSA) is 34.0 Å². The van der Waals surface area contributed by atoms with E-state index < -0.39 is 5.82 Å². The summed E-state index contributed by atoms with van der Waals surface area (Å²) in [6.45, 7) is 4.33. The molecule has 3 nitrogen and oxygen atoms in total. The van der Waals surface area contributed by atoms with Crippen molar-refractivity contribution in [3.63, 3.8) is 0 Å². The molecule has 1 N–H and O–H groups in total. The average molecular weight is 329 g/mol. The van der Waals surface area contributed by atoms with Crippen LogP contribution >= 0.6 is 23.2 Å². The zero-order valence-electron chi connectivity index (χ0n) is 11.7. The van der Waals surface area contributed by atoms with Gasteiger partial charge in [-0.25, -0.2) is 4.39 Å². The number of nitrogens with one attached hydrogen (secondary N) is 1. The van der Waals surface area contributed by atoms with Crippen LogP contribution in [-0.4, -0.2) is 4.57 Å². The van der Waals surface area contributed by atoms with Crippen molar-refractivity contribution in [2.45, 2.75) is 26.4 Å². The number of aromatic nitrogens is 1. The first kappa shape index (κ1) is 15.9. The summed E-state index contributed by atoms with van der Waals surface area (Å²) in [4.78, 5) is 11.5. The van der Waals surface area contributed by atoms with Crippen LogP contribution in [0.5, 0.6) is 0 Å². The van der Waals surface area contributed by atoms with Gasteiger partial charge in [0.05, 0.1) is 16.8 Å². The number of aryl methyl sites for hydroxylation is 1. The van der Waals surface area contributed by atoms with Crippen molar-refractivity contribution in [1.82, 2.24) is 4.57 Å². The molecule has 6 heteroatoms. The molecule has 0 aliphatic carbocycles. The highest BCUT2D eigenvalue weighted by molar-refractivity contribution is 6.35. The van der Waals surface area contributed by atoms with E-state index in [9.17, 15) is 9.18 Å². The second-order valence-corrected chi connectivity index (χ2v) is 5.51. The Labute approximate surface area is 132 Å². The molecule has 1 aromatic carbocycles. The SMILES string of the molecule is CCn1cc(NC(C)c2cc(F)c(Cl)cc2Cl)ccc1=O. The Morgan fingerprint density at radius 3 is 2.67 bits per heavy atom. The monoisotopic (exact) mass is 328 g/mol. The maximum Gasteiger partial charge on any atom is 0.250 e. The van der Waals surface area contributed by atoms with Crippen LogP contribution in [0.4, 0.5) is 10.1 Å². The lowest BCUT2D eigenvalue weighted by molar-refractivity contribution is 0.624. The van der Waals surface area contributed by atoms with Crippen molar-refractivity contribution in [3.8, 4) is 0 Å². The molecule has 0 aliphatic heterocycles. The van der Waals surface area contributed by atoms with Crippen molar-refractivity contribution >= 4 is 28.9 Å². The average Bonchev–Trinajstić information content (AvgIpc) is 2.44. The van der Waals surface area contributed by atoms with Gasteiger partial charge >= 0.3 is 0 Å². The van der Waals surface area contributed by atoms with Crippen molar-refractivity contribution in [2.75, 3.05) is 5.32 Å². The Balaban J connectivity index is 2.27. The highest BCUT2D eigenvalue weighted by atomic mass is 35.5. The van der Waals surface area contributed by atoms with E-state index in [0.717, 1.165) is 5.69 Å². The third-order valence-electron chi connectivity index (χ3n) is 3.21. The second-order valence-electron chi connectivity index (χ2n) is 4.70. The standard InChI is InChI=1S/C15H15Cl2FN2O/c1-3-20-8-10(4-5-15(20)21)19-9(2)11-6-14(18)13(17)7-12(11)16/h4-9,19H,3H2,1-2H3. The molecule has 2 rings (SSSR count). The van der Waals surface area contributed by atoms with Gasteiger partial charge in [-0.2, -0.15) is 0 Å². The van der Waals surface area contributed by atoms with Crippen molar-refractivity contribution < 1.29 is 4.39 Å². The minimum atomic E-state index is -0.511. The predicted molar refractivity (Wildman–Crippen MR) is 84.8 cm³/mol. The summed E-state index contributed by atoms with van der Waals surface area (Å²) in [5, 5.41) is 3.58. The summed E-state index contributed by atoms with van der Waals surface area (Å²) >= 11 is 11.8. The van der Waals surface area contributed by atoms with Crippen molar-refractivity contribution in [3.05, 3.63) is 62.2 Å². The Kier molecular flexibility index (Phi) is 4.91. The van der Waals surface area contributed by atoms with Gasteiger partial charge in [-0.05, 0) is 37.6 Å². The Bertz CT molecular complexity index is 715. The fraction of sp³-hybridized carbons (Fsp3) is 0.267. The maximum absolute atomic E-state index is 13.6. The number of pyridine rings is 1. The summed E-state index contributed by atoms with van der Waals surface area (Å²) in [6, 6.07) is 5.65. The molecule has 0 radical (unpaired) electrons. The van der Waals surface area contributed by atoms with E-state index in [1.807, 2.05) is 13.8 Å². The maximum atomic E-state index is 13.6. The lowest BCUT2D eigenvalue weighted by atomic mass is 10.1. The summed E-state index contributed by atoms with van der Waals surface area (Å²) in [5.41, 5.74) is 1.30. The van der Waals surface area contributed by atoms with Gasteiger partial charge in [0.15, 0.2) is 0 Å². The first-order valence-electron chi connectivity index (χ1n) is 6.53. The number of anilines is 1. The Morgan fingerprint density at radius 1 is 1.29 bits per heavy atom. The van der Waals surface area contributed by atoms with Gasteiger partial charge in [-0.3, -0.25) is 4.79 Å². The van der Waals surface area contributed by atoms with Crippen LogP contribution in [0.3, 0.4) is 0 Å². The van der Waals surface area contributed by atoms with E-state index in [4.69, 9.17) is 23.2 Å². The fourth-order valence-electron chi connectivity index (χ4n) is 2.06. The lowest BCUT2D eigenvalue weighted by Crippen LogP contribution is -2.18. The molecular formula is C15H15Cl2FN2O. The molecule has 0 bridgehead atoms. The summed E-state index contributed by atoms with van der Waals surface area (Å²) < 4.78 is 15.1. The lowest BCUT2D eigenvalue weighted by Gasteiger charge is -2.18. The van der Waals surface area contributed by atoms with Crippen LogP contribution in [0.15, 0.2) is 35.3 Å². The molecule has 0 saturated heterocycles. The van der Waals surface area contributed by atoms with Gasteiger partial charge < -0.3 is 9.88 Å². The zero-order valence-corrected chi connectivity index (χ0v) is 13.2. The van der Waals surface area contributed by atoms with Gasteiger partial charge in [-0.15, -0.1) is 0 Å². The highest BCUT2D eigenvalue weighted by Crippen LogP contribution is 2.30. The molecule has 0 fully saturated rings. The summed E-state index contributed by atoms with van der Waals surface area (Å²) in [6.07, 6.45) is 1.72. The molecule has 0 saturated carbocycles. The van der Waals surface area contributed by atoms with Gasteiger partial charge in [-0.1, -0.05) is 23.2 Å². The third-order valence-corrected chi connectivity index (χ3v) is 3.83. The van der Waals surface area contributed by atoms with E-state index in [1.54, 1.807) is 16.8 Å². The van der Waals surface area contributed by atoms with E-state index in [-0.39, 0.29) is 16.6 Å². The van der Waals surface area contributed by atoms with E-state index in [1.165, 1.54) is 18.2 Å².